The summed E-state index contributed by atoms with van der Waals surface area (Å²) in [6.45, 7) is 5.06. The lowest BCUT2D eigenvalue weighted by molar-refractivity contribution is -0.137. The normalized spacial score (nSPS) is 19.5. The largest absolute Gasteiger partial charge is 0.378 e. The fourth-order valence-corrected chi connectivity index (χ4v) is 3.57. The summed E-state index contributed by atoms with van der Waals surface area (Å²) >= 11 is 1.50. The molecule has 1 aromatic rings. The smallest absolute Gasteiger partial charge is 0.277 e. The van der Waals surface area contributed by atoms with E-state index in [-0.39, 0.29) is 11.8 Å². The third-order valence-corrected chi connectivity index (χ3v) is 4.86. The van der Waals surface area contributed by atoms with E-state index in [4.69, 9.17) is 4.74 Å². The molecule has 1 fully saturated rings. The van der Waals surface area contributed by atoms with Crippen LogP contribution in [0, 0.1) is 0 Å². The first-order valence-corrected chi connectivity index (χ1v) is 8.59. The fraction of sp³-hybridized carbons (Fsp3) is 0.500. The van der Waals surface area contributed by atoms with Crippen molar-refractivity contribution < 1.29 is 14.3 Å². The second-order valence-electron chi connectivity index (χ2n) is 5.42. The van der Waals surface area contributed by atoms with Crippen LogP contribution >= 0.6 is 11.3 Å². The Morgan fingerprint density at radius 2 is 2.00 bits per heavy atom. The van der Waals surface area contributed by atoms with E-state index in [0.717, 1.165) is 17.7 Å². The van der Waals surface area contributed by atoms with Gasteiger partial charge in [0.15, 0.2) is 0 Å². The summed E-state index contributed by atoms with van der Waals surface area (Å²) in [5.41, 5.74) is 1.13. The Labute approximate surface area is 134 Å². The molecule has 6 heteroatoms. The van der Waals surface area contributed by atoms with Gasteiger partial charge in [-0.05, 0) is 17.9 Å². The molecule has 1 aromatic heterocycles. The van der Waals surface area contributed by atoms with Crippen molar-refractivity contribution in [2.75, 3.05) is 32.8 Å². The topological polar surface area (TPSA) is 49.9 Å². The van der Waals surface area contributed by atoms with E-state index in [1.54, 1.807) is 0 Å². The molecule has 22 heavy (non-hydrogen) atoms. The van der Waals surface area contributed by atoms with Gasteiger partial charge in [0, 0.05) is 24.5 Å². The average molecular weight is 320 g/mol. The molecule has 0 radical (unpaired) electrons. The third kappa shape index (κ3) is 2.68. The lowest BCUT2D eigenvalue weighted by atomic mass is 10.1. The van der Waals surface area contributed by atoms with Crippen molar-refractivity contribution >= 4 is 28.7 Å². The Kier molecular flexibility index (Phi) is 4.59. The van der Waals surface area contributed by atoms with Crippen LogP contribution in [0.4, 0.5) is 0 Å². The molecule has 0 aromatic carbocycles. The monoisotopic (exact) mass is 320 g/mol. The molecule has 1 saturated heterocycles. The molecule has 5 nitrogen and oxygen atoms in total. The van der Waals surface area contributed by atoms with Gasteiger partial charge in [-0.1, -0.05) is 19.4 Å². The number of hydrogen-bond acceptors (Lipinski definition) is 5. The van der Waals surface area contributed by atoms with Gasteiger partial charge < -0.3 is 9.64 Å². The predicted octanol–water partition coefficient (Wildman–Crippen LogP) is 1.96. The van der Waals surface area contributed by atoms with Crippen LogP contribution in [-0.4, -0.2) is 54.5 Å². The molecule has 0 spiro atoms. The first-order valence-electron chi connectivity index (χ1n) is 7.71. The van der Waals surface area contributed by atoms with Crippen molar-refractivity contribution in [3.8, 4) is 0 Å². The van der Waals surface area contributed by atoms with E-state index >= 15 is 0 Å². The zero-order chi connectivity index (χ0) is 15.5. The SMILES string of the molecule is CCCCN1C(=O)C(c2cccs2)=C(N2CCOCC2)C1=O. The number of carbonyl (C=O) groups is 2. The van der Waals surface area contributed by atoms with Gasteiger partial charge in [0.25, 0.3) is 11.8 Å². The molecule has 2 amide bonds. The minimum Gasteiger partial charge on any atom is -0.378 e. The lowest BCUT2D eigenvalue weighted by Crippen LogP contribution is -2.40. The summed E-state index contributed by atoms with van der Waals surface area (Å²) < 4.78 is 5.37. The second kappa shape index (κ2) is 6.62. The maximum absolute atomic E-state index is 12.8. The average Bonchev–Trinajstić information content (AvgIpc) is 3.14. The highest BCUT2D eigenvalue weighted by atomic mass is 32.1. The molecule has 118 valence electrons. The van der Waals surface area contributed by atoms with Crippen LogP contribution in [0.25, 0.3) is 5.57 Å². The first kappa shape index (κ1) is 15.2. The maximum Gasteiger partial charge on any atom is 0.277 e. The molecule has 0 unspecified atom stereocenters. The number of rotatable bonds is 5. The summed E-state index contributed by atoms with van der Waals surface area (Å²) in [5, 5.41) is 1.94. The van der Waals surface area contributed by atoms with Crippen LogP contribution < -0.4 is 0 Å². The minimum absolute atomic E-state index is 0.149. The quantitative estimate of drug-likeness (QED) is 0.778. The number of amides is 2. The predicted molar refractivity (Wildman–Crippen MR) is 85.3 cm³/mol. The van der Waals surface area contributed by atoms with E-state index < -0.39 is 0 Å². The maximum atomic E-state index is 12.8. The van der Waals surface area contributed by atoms with Crippen molar-refractivity contribution in [3.05, 3.63) is 28.1 Å². The number of hydrogen-bond donors (Lipinski definition) is 0. The molecule has 2 aliphatic rings. The molecule has 0 atom stereocenters. The van der Waals surface area contributed by atoms with Gasteiger partial charge in [0.2, 0.25) is 0 Å². The van der Waals surface area contributed by atoms with E-state index in [1.165, 1.54) is 16.2 Å². The van der Waals surface area contributed by atoms with E-state index in [9.17, 15) is 9.59 Å². The summed E-state index contributed by atoms with van der Waals surface area (Å²) in [7, 11) is 0. The molecule has 0 bridgehead atoms. The molecule has 3 heterocycles. The van der Waals surface area contributed by atoms with E-state index in [1.807, 2.05) is 22.4 Å². The standard InChI is InChI=1S/C16H20N2O3S/c1-2-3-6-18-15(19)13(12-5-4-11-22-12)14(16(18)20)17-7-9-21-10-8-17/h4-5,11H,2-3,6-10H2,1H3. The Bertz CT molecular complexity index is 589. The van der Waals surface area contributed by atoms with Crippen LogP contribution in [0.3, 0.4) is 0 Å². The molecule has 3 rings (SSSR count). The van der Waals surface area contributed by atoms with Gasteiger partial charge >= 0.3 is 0 Å². The van der Waals surface area contributed by atoms with E-state index in [0.29, 0.717) is 44.1 Å². The van der Waals surface area contributed by atoms with Crippen molar-refractivity contribution in [1.29, 1.82) is 0 Å². The number of thiophene rings is 1. The Hall–Kier alpha value is -1.66. The molecule has 2 aliphatic heterocycles. The number of morpholine rings is 1. The van der Waals surface area contributed by atoms with Crippen molar-refractivity contribution in [3.63, 3.8) is 0 Å². The van der Waals surface area contributed by atoms with Gasteiger partial charge in [-0.15, -0.1) is 11.3 Å². The fourth-order valence-electron chi connectivity index (χ4n) is 2.81. The first-order chi connectivity index (χ1) is 10.7. The second-order valence-corrected chi connectivity index (χ2v) is 6.36. The molecule has 0 saturated carbocycles. The minimum atomic E-state index is -0.151. The van der Waals surface area contributed by atoms with Crippen molar-refractivity contribution in [2.45, 2.75) is 19.8 Å². The Morgan fingerprint density at radius 3 is 2.64 bits per heavy atom. The molecule has 0 aliphatic carbocycles. The molecule has 0 N–H and O–H groups in total. The van der Waals surface area contributed by atoms with Gasteiger partial charge in [-0.2, -0.15) is 0 Å². The van der Waals surface area contributed by atoms with Gasteiger partial charge in [-0.25, -0.2) is 0 Å². The number of imide groups is 1. The molecular formula is C16H20N2O3S. The highest BCUT2D eigenvalue weighted by molar-refractivity contribution is 7.11. The zero-order valence-electron chi connectivity index (χ0n) is 12.7. The van der Waals surface area contributed by atoms with Crippen molar-refractivity contribution in [2.24, 2.45) is 0 Å². The van der Waals surface area contributed by atoms with Gasteiger partial charge in [0.05, 0.1) is 18.8 Å². The summed E-state index contributed by atoms with van der Waals surface area (Å²) in [6, 6.07) is 3.82. The summed E-state index contributed by atoms with van der Waals surface area (Å²) in [4.78, 5) is 29.8. The van der Waals surface area contributed by atoms with Crippen LogP contribution in [0.2, 0.25) is 0 Å². The third-order valence-electron chi connectivity index (χ3n) is 3.97. The highest BCUT2D eigenvalue weighted by Crippen LogP contribution is 2.34. The van der Waals surface area contributed by atoms with Crippen molar-refractivity contribution in [1.82, 2.24) is 9.80 Å². The van der Waals surface area contributed by atoms with Crippen LogP contribution in [-0.2, 0) is 14.3 Å². The van der Waals surface area contributed by atoms with E-state index in [2.05, 4.69) is 6.92 Å². The van der Waals surface area contributed by atoms with Crippen LogP contribution in [0.1, 0.15) is 24.6 Å². The number of unbranched alkanes of at least 4 members (excludes halogenated alkanes) is 1. The lowest BCUT2D eigenvalue weighted by Gasteiger charge is -2.29. The van der Waals surface area contributed by atoms with Gasteiger partial charge in [-0.3, -0.25) is 14.5 Å². The zero-order valence-corrected chi connectivity index (χ0v) is 13.5. The summed E-state index contributed by atoms with van der Waals surface area (Å²) in [6.07, 6.45) is 1.80. The van der Waals surface area contributed by atoms with Crippen LogP contribution in [0.5, 0.6) is 0 Å². The summed E-state index contributed by atoms with van der Waals surface area (Å²) in [5.74, 6) is -0.300. The number of ether oxygens (including phenoxy) is 1. The highest BCUT2D eigenvalue weighted by Gasteiger charge is 2.41. The Morgan fingerprint density at radius 1 is 1.23 bits per heavy atom. The molecular weight excluding hydrogens is 300 g/mol. The Balaban J connectivity index is 1.97. The number of nitrogens with zero attached hydrogens (tertiary/aromatic N) is 2. The number of carbonyl (C=O) groups excluding carboxylic acids is 2. The van der Waals surface area contributed by atoms with Crippen LogP contribution in [0.15, 0.2) is 23.2 Å². The van der Waals surface area contributed by atoms with Gasteiger partial charge in [0.1, 0.15) is 5.70 Å².